The lowest BCUT2D eigenvalue weighted by Crippen LogP contribution is -2.35. The molecule has 3 aromatic rings. The fourth-order valence-corrected chi connectivity index (χ4v) is 3.83. The number of hydrogen-bond donors (Lipinski definition) is 2. The summed E-state index contributed by atoms with van der Waals surface area (Å²) in [5.74, 6) is 1.33. The molecule has 33 heavy (non-hydrogen) atoms. The molecule has 0 radical (unpaired) electrons. The third-order valence-electron chi connectivity index (χ3n) is 5.47. The summed E-state index contributed by atoms with van der Waals surface area (Å²) in [7, 11) is 1.58. The second kappa shape index (κ2) is 9.68. The van der Waals surface area contributed by atoms with Crippen molar-refractivity contribution in [3.8, 4) is 11.6 Å². The number of aryl methyl sites for hydroxylation is 2. The molecule has 1 fully saturated rings. The van der Waals surface area contributed by atoms with Crippen molar-refractivity contribution in [2.75, 3.05) is 37.0 Å². The number of nitrogens with one attached hydrogen (secondary N) is 2. The molecule has 1 aromatic carbocycles. The van der Waals surface area contributed by atoms with Crippen molar-refractivity contribution in [2.45, 2.75) is 20.3 Å². The molecular formula is C23H27N7O3. The second-order valence-corrected chi connectivity index (χ2v) is 7.94. The van der Waals surface area contributed by atoms with E-state index < -0.39 is 0 Å². The van der Waals surface area contributed by atoms with E-state index in [4.69, 9.17) is 4.74 Å². The van der Waals surface area contributed by atoms with E-state index in [1.165, 1.54) is 0 Å². The molecule has 2 aromatic heterocycles. The zero-order valence-electron chi connectivity index (χ0n) is 18.9. The highest BCUT2D eigenvalue weighted by molar-refractivity contribution is 6.00. The van der Waals surface area contributed by atoms with Crippen molar-refractivity contribution < 1.29 is 14.3 Å². The van der Waals surface area contributed by atoms with E-state index in [2.05, 4.69) is 25.9 Å². The molecule has 2 N–H and O–H groups in total. The molecule has 1 saturated heterocycles. The van der Waals surface area contributed by atoms with Gasteiger partial charge >= 0.3 is 0 Å². The van der Waals surface area contributed by atoms with Gasteiger partial charge in [0.15, 0.2) is 5.82 Å². The van der Waals surface area contributed by atoms with Crippen LogP contribution < -0.4 is 20.3 Å². The van der Waals surface area contributed by atoms with Crippen LogP contribution in [0.1, 0.15) is 17.8 Å². The fraction of sp³-hybridized carbons (Fsp3) is 0.348. The molecule has 3 heterocycles. The summed E-state index contributed by atoms with van der Waals surface area (Å²) in [6.07, 6.45) is 0.190. The van der Waals surface area contributed by atoms with E-state index >= 15 is 0 Å². The number of ether oxygens (including phenoxy) is 1. The predicted molar refractivity (Wildman–Crippen MR) is 124 cm³/mol. The van der Waals surface area contributed by atoms with Crippen LogP contribution in [0.15, 0.2) is 42.5 Å². The summed E-state index contributed by atoms with van der Waals surface area (Å²) < 4.78 is 6.96. The number of aromatic nitrogens is 4. The average Bonchev–Trinajstić information content (AvgIpc) is 3.38. The maximum atomic E-state index is 12.6. The van der Waals surface area contributed by atoms with Crippen molar-refractivity contribution in [2.24, 2.45) is 5.92 Å². The Kier molecular flexibility index (Phi) is 6.53. The summed E-state index contributed by atoms with van der Waals surface area (Å²) >= 11 is 0. The average molecular weight is 450 g/mol. The minimum absolute atomic E-state index is 0.0699. The van der Waals surface area contributed by atoms with Crippen molar-refractivity contribution in [3.63, 3.8) is 0 Å². The van der Waals surface area contributed by atoms with Gasteiger partial charge in [-0.05, 0) is 44.2 Å². The molecule has 10 nitrogen and oxygen atoms in total. The maximum Gasteiger partial charge on any atom is 0.227 e. The van der Waals surface area contributed by atoms with Crippen LogP contribution in [-0.2, 0) is 9.59 Å². The van der Waals surface area contributed by atoms with Crippen LogP contribution in [-0.4, -0.2) is 58.5 Å². The summed E-state index contributed by atoms with van der Waals surface area (Å²) in [5, 5.41) is 18.8. The molecule has 0 saturated carbocycles. The lowest BCUT2D eigenvalue weighted by molar-refractivity contribution is -0.126. The number of amides is 2. The molecule has 1 aliphatic rings. The fourth-order valence-electron chi connectivity index (χ4n) is 3.83. The molecule has 10 heteroatoms. The smallest absolute Gasteiger partial charge is 0.227 e. The Hall–Kier alpha value is -3.95. The number of rotatable bonds is 8. The van der Waals surface area contributed by atoms with Crippen LogP contribution in [0.2, 0.25) is 0 Å². The first-order chi connectivity index (χ1) is 15.9. The van der Waals surface area contributed by atoms with Gasteiger partial charge in [-0.1, -0.05) is 6.07 Å². The van der Waals surface area contributed by atoms with Crippen LogP contribution in [0.3, 0.4) is 0 Å². The number of methoxy groups -OCH3 is 1. The zero-order valence-corrected chi connectivity index (χ0v) is 18.9. The van der Waals surface area contributed by atoms with E-state index in [0.29, 0.717) is 37.0 Å². The molecule has 2 amide bonds. The van der Waals surface area contributed by atoms with Crippen LogP contribution in [0.4, 0.5) is 11.5 Å². The standard InChI is InChI=1S/C23H27N7O3/c1-15-11-16(2)30(28-15)21-8-7-20(26-27-21)24-9-10-25-23(32)17-12-22(31)29(14-17)18-5-4-6-19(13-18)33-3/h4-8,11,13,17H,9-10,12,14H2,1-3H3,(H,24,26)(H,25,32). The summed E-state index contributed by atoms with van der Waals surface area (Å²) in [5.41, 5.74) is 2.64. The molecule has 1 aliphatic heterocycles. The molecule has 1 unspecified atom stereocenters. The van der Waals surface area contributed by atoms with Crippen molar-refractivity contribution in [3.05, 3.63) is 53.9 Å². The molecule has 0 bridgehead atoms. The van der Waals surface area contributed by atoms with Crippen LogP contribution in [0, 0.1) is 19.8 Å². The number of anilines is 2. The van der Waals surface area contributed by atoms with E-state index in [1.54, 1.807) is 22.8 Å². The third kappa shape index (κ3) is 5.11. The highest BCUT2D eigenvalue weighted by atomic mass is 16.5. The number of carbonyl (C=O) groups is 2. The minimum Gasteiger partial charge on any atom is -0.497 e. The van der Waals surface area contributed by atoms with Gasteiger partial charge in [0.2, 0.25) is 11.8 Å². The van der Waals surface area contributed by atoms with E-state index in [0.717, 1.165) is 17.1 Å². The molecule has 1 atom stereocenters. The monoisotopic (exact) mass is 449 g/mol. The lowest BCUT2D eigenvalue weighted by Gasteiger charge is -2.17. The van der Waals surface area contributed by atoms with Gasteiger partial charge in [0, 0.05) is 43.5 Å². The molecular weight excluding hydrogens is 422 g/mol. The Bertz CT molecular complexity index is 1140. The first kappa shape index (κ1) is 22.3. The van der Waals surface area contributed by atoms with Gasteiger partial charge in [-0.3, -0.25) is 9.59 Å². The topological polar surface area (TPSA) is 114 Å². The van der Waals surface area contributed by atoms with Crippen LogP contribution in [0.25, 0.3) is 5.82 Å². The maximum absolute atomic E-state index is 12.6. The lowest BCUT2D eigenvalue weighted by atomic mass is 10.1. The van der Waals surface area contributed by atoms with Gasteiger partial charge in [0.25, 0.3) is 0 Å². The van der Waals surface area contributed by atoms with Gasteiger partial charge in [0.05, 0.1) is 18.7 Å². The van der Waals surface area contributed by atoms with Gasteiger partial charge < -0.3 is 20.3 Å². The number of nitrogens with zero attached hydrogens (tertiary/aromatic N) is 5. The van der Waals surface area contributed by atoms with E-state index in [1.807, 2.05) is 50.2 Å². The predicted octanol–water partition coefficient (Wildman–Crippen LogP) is 1.87. The Morgan fingerprint density at radius 2 is 2.00 bits per heavy atom. The zero-order chi connectivity index (χ0) is 23.4. The van der Waals surface area contributed by atoms with E-state index in [9.17, 15) is 9.59 Å². The second-order valence-electron chi connectivity index (χ2n) is 7.94. The van der Waals surface area contributed by atoms with Crippen molar-refractivity contribution >= 4 is 23.3 Å². The van der Waals surface area contributed by atoms with Gasteiger partial charge in [-0.2, -0.15) is 5.10 Å². The quantitative estimate of drug-likeness (QED) is 0.505. The van der Waals surface area contributed by atoms with Crippen LogP contribution in [0.5, 0.6) is 5.75 Å². The molecule has 172 valence electrons. The number of hydrogen-bond acceptors (Lipinski definition) is 7. The van der Waals surface area contributed by atoms with Gasteiger partial charge in [-0.25, -0.2) is 4.68 Å². The van der Waals surface area contributed by atoms with Crippen LogP contribution >= 0.6 is 0 Å². The Morgan fingerprint density at radius 3 is 2.70 bits per heavy atom. The summed E-state index contributed by atoms with van der Waals surface area (Å²) in [4.78, 5) is 26.6. The summed E-state index contributed by atoms with van der Waals surface area (Å²) in [6, 6.07) is 12.9. The first-order valence-electron chi connectivity index (χ1n) is 10.8. The highest BCUT2D eigenvalue weighted by Crippen LogP contribution is 2.27. The SMILES string of the molecule is COc1cccc(N2CC(C(=O)NCCNc3ccc(-n4nc(C)cc4C)nn3)CC2=O)c1. The highest BCUT2D eigenvalue weighted by Gasteiger charge is 2.35. The first-order valence-corrected chi connectivity index (χ1v) is 10.8. The third-order valence-corrected chi connectivity index (χ3v) is 5.47. The molecule has 4 rings (SSSR count). The largest absolute Gasteiger partial charge is 0.497 e. The molecule has 0 spiro atoms. The van der Waals surface area contributed by atoms with Crippen molar-refractivity contribution in [1.29, 1.82) is 0 Å². The Labute approximate surface area is 192 Å². The normalized spacial score (nSPS) is 15.5. The van der Waals surface area contributed by atoms with Gasteiger partial charge in [-0.15, -0.1) is 10.2 Å². The molecule has 0 aliphatic carbocycles. The minimum atomic E-state index is -0.386. The van der Waals surface area contributed by atoms with Gasteiger partial charge in [0.1, 0.15) is 11.6 Å². The van der Waals surface area contributed by atoms with Crippen molar-refractivity contribution in [1.82, 2.24) is 25.3 Å². The Morgan fingerprint density at radius 1 is 1.15 bits per heavy atom. The number of carbonyl (C=O) groups excluding carboxylic acids is 2. The summed E-state index contributed by atoms with van der Waals surface area (Å²) in [6.45, 7) is 5.14. The number of benzene rings is 1. The Balaban J connectivity index is 1.24. The van der Waals surface area contributed by atoms with E-state index in [-0.39, 0.29) is 24.2 Å².